The van der Waals surface area contributed by atoms with Gasteiger partial charge in [0.15, 0.2) is 23.9 Å². The van der Waals surface area contributed by atoms with Gasteiger partial charge in [0.2, 0.25) is 0 Å². The highest BCUT2D eigenvalue weighted by Gasteiger charge is 2.51. The number of nitrogens with one attached hydrogen (secondary N) is 1. The zero-order valence-electron chi connectivity index (χ0n) is 18.6. The van der Waals surface area contributed by atoms with Gasteiger partial charge in [-0.2, -0.15) is 0 Å². The maximum absolute atomic E-state index is 14.4. The molecule has 1 aromatic heterocycles. The van der Waals surface area contributed by atoms with Gasteiger partial charge in [-0.3, -0.25) is 4.79 Å². The van der Waals surface area contributed by atoms with Crippen LogP contribution in [0.1, 0.15) is 34.3 Å². The summed E-state index contributed by atoms with van der Waals surface area (Å²) in [5.74, 6) is 1.55. The van der Waals surface area contributed by atoms with E-state index < -0.39 is 0 Å². The van der Waals surface area contributed by atoms with Crippen LogP contribution in [0.5, 0.6) is 11.5 Å². The van der Waals surface area contributed by atoms with Gasteiger partial charge in [0.1, 0.15) is 16.4 Å². The van der Waals surface area contributed by atoms with Crippen molar-refractivity contribution >= 4 is 51.9 Å². The van der Waals surface area contributed by atoms with Gasteiger partial charge in [-0.05, 0) is 49.1 Å². The van der Waals surface area contributed by atoms with Crippen molar-refractivity contribution in [2.24, 2.45) is 0 Å². The van der Waals surface area contributed by atoms with Crippen LogP contribution in [0.3, 0.4) is 0 Å². The SMILES string of the molecule is CNC(=O)c1cc(OC)c(SN(SF)c2noc3c2CC2(CC2)c2ccc(Br)cc2-3)c(OC)c1. The number of carbonyl (C=O) groups is 1. The van der Waals surface area contributed by atoms with E-state index in [9.17, 15) is 8.68 Å². The molecule has 1 heterocycles. The number of ether oxygens (including phenoxy) is 2. The number of aromatic nitrogens is 1. The number of methoxy groups -OCH3 is 2. The molecule has 0 saturated heterocycles. The van der Waals surface area contributed by atoms with Gasteiger partial charge in [0, 0.05) is 45.6 Å². The van der Waals surface area contributed by atoms with E-state index in [1.165, 1.54) is 23.5 Å². The first-order valence-corrected chi connectivity index (χ1v) is 12.7. The number of rotatable bonds is 7. The van der Waals surface area contributed by atoms with Crippen LogP contribution < -0.4 is 18.5 Å². The summed E-state index contributed by atoms with van der Waals surface area (Å²) in [6.07, 6.45) is 2.88. The molecule has 1 saturated carbocycles. The largest absolute Gasteiger partial charge is 0.495 e. The Bertz CT molecular complexity index is 1260. The van der Waals surface area contributed by atoms with Crippen LogP contribution in [-0.2, 0) is 11.8 Å². The van der Waals surface area contributed by atoms with Gasteiger partial charge in [0.05, 0.1) is 14.2 Å². The van der Waals surface area contributed by atoms with Gasteiger partial charge < -0.3 is 19.3 Å². The molecule has 1 spiro atoms. The van der Waals surface area contributed by atoms with Crippen LogP contribution in [0, 0.1) is 0 Å². The lowest BCUT2D eigenvalue weighted by Gasteiger charge is -2.26. The van der Waals surface area contributed by atoms with E-state index in [0.717, 1.165) is 46.8 Å². The number of benzene rings is 2. The van der Waals surface area contributed by atoms with Crippen molar-refractivity contribution in [1.82, 2.24) is 10.5 Å². The second-order valence-electron chi connectivity index (χ2n) is 8.17. The molecular formula is C23H21BrFN3O4S2. The maximum Gasteiger partial charge on any atom is 0.251 e. The predicted octanol–water partition coefficient (Wildman–Crippen LogP) is 6.12. The third-order valence-corrected chi connectivity index (χ3v) is 8.40. The molecule has 2 aliphatic carbocycles. The van der Waals surface area contributed by atoms with E-state index in [4.69, 9.17) is 14.0 Å². The summed E-state index contributed by atoms with van der Waals surface area (Å²) in [6, 6.07) is 9.40. The van der Waals surface area contributed by atoms with Crippen molar-refractivity contribution in [2.75, 3.05) is 25.0 Å². The fourth-order valence-corrected chi connectivity index (χ4v) is 6.20. The number of anilines is 1. The molecule has 2 aromatic carbocycles. The Morgan fingerprint density at radius 2 is 1.94 bits per heavy atom. The van der Waals surface area contributed by atoms with Crippen molar-refractivity contribution in [1.29, 1.82) is 0 Å². The molecule has 1 fully saturated rings. The molecule has 7 nitrogen and oxygen atoms in total. The van der Waals surface area contributed by atoms with Crippen molar-refractivity contribution in [2.45, 2.75) is 29.6 Å². The van der Waals surface area contributed by atoms with E-state index >= 15 is 0 Å². The number of halogens is 2. The Morgan fingerprint density at radius 1 is 1.24 bits per heavy atom. The first-order chi connectivity index (χ1) is 16.4. The second-order valence-corrected chi connectivity index (χ2v) is 10.8. The standard InChI is InChI=1S/C23H21BrFN3O4S2/c1-26-22(29)12-8-17(30-2)20(18(9-12)31-3)33-28(34-25)21-15-11-23(6-7-23)16-5-4-13(24)10-14(16)19(15)32-27-21/h4-5,8-10H,6-7,11H2,1-3H3,(H,26,29). The number of fused-ring (bicyclic) bond motifs is 4. The van der Waals surface area contributed by atoms with Crippen LogP contribution in [0.4, 0.5) is 9.70 Å². The van der Waals surface area contributed by atoms with Crippen LogP contribution in [-0.4, -0.2) is 32.3 Å². The Balaban J connectivity index is 1.55. The third-order valence-electron chi connectivity index (χ3n) is 6.29. The van der Waals surface area contributed by atoms with E-state index in [1.807, 2.05) is 12.1 Å². The summed E-state index contributed by atoms with van der Waals surface area (Å²) in [5.41, 5.74) is 3.54. The summed E-state index contributed by atoms with van der Waals surface area (Å²) in [4.78, 5) is 12.7. The van der Waals surface area contributed by atoms with Crippen molar-refractivity contribution < 1.29 is 22.7 Å². The predicted molar refractivity (Wildman–Crippen MR) is 134 cm³/mol. The minimum atomic E-state index is -0.282. The van der Waals surface area contributed by atoms with Crippen LogP contribution in [0.15, 0.2) is 44.2 Å². The summed E-state index contributed by atoms with van der Waals surface area (Å²) in [7, 11) is 4.52. The molecule has 0 aliphatic heterocycles. The fourth-order valence-electron chi connectivity index (χ4n) is 4.43. The first kappa shape index (κ1) is 23.4. The Labute approximate surface area is 213 Å². The quantitative estimate of drug-likeness (QED) is 0.343. The third kappa shape index (κ3) is 3.83. The molecule has 34 heavy (non-hydrogen) atoms. The molecule has 5 rings (SSSR count). The molecule has 3 aromatic rings. The van der Waals surface area contributed by atoms with Crippen molar-refractivity contribution in [3.8, 4) is 22.8 Å². The normalized spacial score (nSPS) is 14.9. The average Bonchev–Trinajstić information content (AvgIpc) is 3.50. The number of carbonyl (C=O) groups excluding carboxylic acids is 1. The minimum Gasteiger partial charge on any atom is -0.495 e. The summed E-state index contributed by atoms with van der Waals surface area (Å²) in [5, 5.41) is 6.85. The zero-order valence-corrected chi connectivity index (χ0v) is 21.8. The average molecular weight is 566 g/mol. The highest BCUT2D eigenvalue weighted by atomic mass is 79.9. The van der Waals surface area contributed by atoms with Gasteiger partial charge in [-0.15, -0.1) is 3.89 Å². The molecule has 0 radical (unpaired) electrons. The molecule has 1 amide bonds. The lowest BCUT2D eigenvalue weighted by atomic mass is 9.79. The van der Waals surface area contributed by atoms with E-state index in [1.54, 1.807) is 19.2 Å². The number of nitrogens with zero attached hydrogens (tertiary/aromatic N) is 2. The van der Waals surface area contributed by atoms with Gasteiger partial charge in [-0.25, -0.2) is 3.71 Å². The van der Waals surface area contributed by atoms with E-state index in [0.29, 0.717) is 33.5 Å². The second kappa shape index (κ2) is 9.01. The number of hydrogen-bond donors (Lipinski definition) is 1. The Morgan fingerprint density at radius 3 is 2.53 bits per heavy atom. The van der Waals surface area contributed by atoms with E-state index in [2.05, 4.69) is 32.5 Å². The number of amides is 1. The molecule has 2 aliphatic rings. The fraction of sp³-hybridized carbons (Fsp3) is 0.304. The highest BCUT2D eigenvalue weighted by Crippen LogP contribution is 2.59. The first-order valence-electron chi connectivity index (χ1n) is 10.5. The smallest absolute Gasteiger partial charge is 0.251 e. The van der Waals surface area contributed by atoms with Crippen LogP contribution in [0.25, 0.3) is 11.3 Å². The van der Waals surface area contributed by atoms with Crippen molar-refractivity contribution in [3.63, 3.8) is 0 Å². The molecule has 0 unspecified atom stereocenters. The lowest BCUT2D eigenvalue weighted by molar-refractivity contribution is 0.0962. The van der Waals surface area contributed by atoms with Crippen LogP contribution in [0.2, 0.25) is 0 Å². The topological polar surface area (TPSA) is 76.8 Å². The number of hydrogen-bond acceptors (Lipinski definition) is 8. The zero-order chi connectivity index (χ0) is 24.0. The van der Waals surface area contributed by atoms with E-state index in [-0.39, 0.29) is 23.7 Å². The summed E-state index contributed by atoms with van der Waals surface area (Å²) >= 11 is 4.64. The molecular weight excluding hydrogens is 545 g/mol. The van der Waals surface area contributed by atoms with Gasteiger partial charge >= 0.3 is 0 Å². The maximum atomic E-state index is 14.4. The van der Waals surface area contributed by atoms with Crippen LogP contribution >= 0.6 is 40.2 Å². The monoisotopic (exact) mass is 565 g/mol. The Kier molecular flexibility index (Phi) is 6.19. The molecule has 178 valence electrons. The highest BCUT2D eigenvalue weighted by molar-refractivity contribution is 9.10. The van der Waals surface area contributed by atoms with Gasteiger partial charge in [-0.1, -0.05) is 27.2 Å². The summed E-state index contributed by atoms with van der Waals surface area (Å²) in [6.45, 7) is 0. The lowest BCUT2D eigenvalue weighted by Crippen LogP contribution is -2.19. The van der Waals surface area contributed by atoms with Crippen molar-refractivity contribution in [3.05, 3.63) is 51.5 Å². The minimum absolute atomic E-state index is 0.0278. The molecule has 11 heteroatoms. The molecule has 1 N–H and O–H groups in total. The Hall–Kier alpha value is -2.37. The molecule has 0 bridgehead atoms. The summed E-state index contributed by atoms with van der Waals surface area (Å²) < 4.78 is 33.5. The molecule has 0 atom stereocenters. The van der Waals surface area contributed by atoms with Gasteiger partial charge in [0.25, 0.3) is 5.91 Å².